The van der Waals surface area contributed by atoms with Gasteiger partial charge in [0.05, 0.1) is 17.4 Å². The standard InChI is InChI=1S/C12H21NO5S/c1-12(2,7-11(15)16)6-10(14)13-8-9-4-3-5-19(9,17)18/h9H,3-8H2,1-2H3,(H,13,14)(H,15,16). The minimum absolute atomic E-state index is 0.0755. The van der Waals surface area contributed by atoms with Crippen LogP contribution in [-0.4, -0.2) is 42.9 Å². The smallest absolute Gasteiger partial charge is 0.303 e. The zero-order valence-corrected chi connectivity index (χ0v) is 12.1. The number of aliphatic carboxylic acids is 1. The highest BCUT2D eigenvalue weighted by Crippen LogP contribution is 2.25. The maximum absolute atomic E-state index is 11.7. The molecule has 1 fully saturated rings. The van der Waals surface area contributed by atoms with Gasteiger partial charge in [0.2, 0.25) is 5.91 Å². The van der Waals surface area contributed by atoms with Crippen molar-refractivity contribution in [1.29, 1.82) is 0 Å². The van der Waals surface area contributed by atoms with Crippen molar-refractivity contribution in [3.8, 4) is 0 Å². The van der Waals surface area contributed by atoms with Gasteiger partial charge in [-0.25, -0.2) is 8.42 Å². The number of sulfone groups is 1. The van der Waals surface area contributed by atoms with Crippen molar-refractivity contribution in [2.45, 2.75) is 44.8 Å². The van der Waals surface area contributed by atoms with Crippen molar-refractivity contribution in [2.75, 3.05) is 12.3 Å². The van der Waals surface area contributed by atoms with Crippen LogP contribution in [0.4, 0.5) is 0 Å². The summed E-state index contributed by atoms with van der Waals surface area (Å²) in [4.78, 5) is 22.3. The molecule has 0 saturated carbocycles. The number of carbonyl (C=O) groups is 2. The Morgan fingerprint density at radius 2 is 1.95 bits per heavy atom. The molecule has 1 atom stereocenters. The topological polar surface area (TPSA) is 101 Å². The van der Waals surface area contributed by atoms with E-state index in [1.165, 1.54) is 0 Å². The minimum atomic E-state index is -3.05. The summed E-state index contributed by atoms with van der Waals surface area (Å²) in [7, 11) is -3.05. The largest absolute Gasteiger partial charge is 0.481 e. The maximum atomic E-state index is 11.7. The molecule has 0 spiro atoms. The van der Waals surface area contributed by atoms with Crippen molar-refractivity contribution in [2.24, 2.45) is 5.41 Å². The van der Waals surface area contributed by atoms with Crippen molar-refractivity contribution >= 4 is 21.7 Å². The van der Waals surface area contributed by atoms with E-state index in [9.17, 15) is 18.0 Å². The number of carbonyl (C=O) groups excluding carboxylic acids is 1. The van der Waals surface area contributed by atoms with Crippen LogP contribution in [-0.2, 0) is 19.4 Å². The van der Waals surface area contributed by atoms with Gasteiger partial charge in [-0.2, -0.15) is 0 Å². The molecule has 1 aliphatic heterocycles. The minimum Gasteiger partial charge on any atom is -0.481 e. The van der Waals surface area contributed by atoms with Crippen molar-refractivity contribution in [1.82, 2.24) is 5.32 Å². The molecule has 1 unspecified atom stereocenters. The summed E-state index contributed by atoms with van der Waals surface area (Å²) in [6.07, 6.45) is 1.21. The fourth-order valence-electron chi connectivity index (χ4n) is 2.28. The third-order valence-corrected chi connectivity index (χ3v) is 5.53. The molecule has 0 aromatic carbocycles. The van der Waals surface area contributed by atoms with Crippen LogP contribution in [0, 0.1) is 5.41 Å². The van der Waals surface area contributed by atoms with Crippen LogP contribution in [0.1, 0.15) is 39.5 Å². The van der Waals surface area contributed by atoms with Gasteiger partial charge >= 0.3 is 5.97 Å². The molecule has 2 N–H and O–H groups in total. The second-order valence-electron chi connectivity index (χ2n) is 5.85. The number of nitrogens with one attached hydrogen (secondary N) is 1. The molecule has 6 nitrogen and oxygen atoms in total. The molecule has 0 aromatic heterocycles. The first-order valence-corrected chi connectivity index (χ1v) is 8.04. The van der Waals surface area contributed by atoms with Gasteiger partial charge in [-0.3, -0.25) is 9.59 Å². The van der Waals surface area contributed by atoms with Gasteiger partial charge in [-0.15, -0.1) is 0 Å². The van der Waals surface area contributed by atoms with Crippen LogP contribution >= 0.6 is 0 Å². The van der Waals surface area contributed by atoms with Crippen LogP contribution in [0.2, 0.25) is 0 Å². The summed E-state index contributed by atoms with van der Waals surface area (Å²) < 4.78 is 23.2. The number of carboxylic acids is 1. The molecule has 19 heavy (non-hydrogen) atoms. The van der Waals surface area contributed by atoms with E-state index in [-0.39, 0.29) is 31.0 Å². The third kappa shape index (κ3) is 5.18. The highest BCUT2D eigenvalue weighted by Gasteiger charge is 2.32. The number of rotatable bonds is 6. The first-order valence-electron chi connectivity index (χ1n) is 6.32. The van der Waals surface area contributed by atoms with Crippen molar-refractivity contribution in [3.63, 3.8) is 0 Å². The lowest BCUT2D eigenvalue weighted by Crippen LogP contribution is -2.36. The third-order valence-electron chi connectivity index (χ3n) is 3.26. The Balaban J connectivity index is 2.42. The fraction of sp³-hybridized carbons (Fsp3) is 0.833. The Hall–Kier alpha value is -1.11. The summed E-state index contributed by atoms with van der Waals surface area (Å²) in [6.45, 7) is 3.53. The van der Waals surface area contributed by atoms with E-state index < -0.39 is 26.5 Å². The zero-order chi connectivity index (χ0) is 14.7. The van der Waals surface area contributed by atoms with E-state index in [0.717, 1.165) is 0 Å². The molecule has 1 saturated heterocycles. The van der Waals surface area contributed by atoms with E-state index in [0.29, 0.717) is 12.8 Å². The Kier molecular flexibility index (Phi) is 4.95. The molecule has 1 amide bonds. The summed E-state index contributed by atoms with van der Waals surface area (Å²) in [5.41, 5.74) is -0.634. The summed E-state index contributed by atoms with van der Waals surface area (Å²) >= 11 is 0. The molecular formula is C12H21NO5S. The predicted molar refractivity (Wildman–Crippen MR) is 70.5 cm³/mol. The Morgan fingerprint density at radius 1 is 1.32 bits per heavy atom. The predicted octanol–water partition coefficient (Wildman–Crippen LogP) is 0.571. The molecule has 1 rings (SSSR count). The molecule has 1 aliphatic rings. The van der Waals surface area contributed by atoms with Crippen LogP contribution in [0.5, 0.6) is 0 Å². The van der Waals surface area contributed by atoms with E-state index in [4.69, 9.17) is 5.11 Å². The second kappa shape index (κ2) is 5.90. The molecule has 1 heterocycles. The van der Waals surface area contributed by atoms with Gasteiger partial charge in [-0.05, 0) is 18.3 Å². The number of hydrogen-bond donors (Lipinski definition) is 2. The molecular weight excluding hydrogens is 270 g/mol. The second-order valence-corrected chi connectivity index (χ2v) is 8.25. The lowest BCUT2D eigenvalue weighted by molar-refractivity contribution is -0.139. The average Bonchev–Trinajstić information content (AvgIpc) is 2.51. The van der Waals surface area contributed by atoms with Crippen LogP contribution < -0.4 is 5.32 Å². The fourth-order valence-corrected chi connectivity index (χ4v) is 4.05. The normalized spacial score (nSPS) is 22.1. The Bertz CT molecular complexity index is 455. The summed E-state index contributed by atoms with van der Waals surface area (Å²) in [5.74, 6) is -1.05. The molecule has 110 valence electrons. The van der Waals surface area contributed by atoms with Crippen LogP contribution in [0.25, 0.3) is 0 Å². The molecule has 0 bridgehead atoms. The lowest BCUT2D eigenvalue weighted by Gasteiger charge is -2.22. The van der Waals surface area contributed by atoms with E-state index in [1.807, 2.05) is 0 Å². The monoisotopic (exact) mass is 291 g/mol. The van der Waals surface area contributed by atoms with Gasteiger partial charge in [0.15, 0.2) is 9.84 Å². The van der Waals surface area contributed by atoms with Crippen LogP contribution in [0.3, 0.4) is 0 Å². The van der Waals surface area contributed by atoms with Gasteiger partial charge in [0.1, 0.15) is 0 Å². The molecule has 0 radical (unpaired) electrons. The number of amides is 1. The first kappa shape index (κ1) is 15.9. The van der Waals surface area contributed by atoms with Gasteiger partial charge < -0.3 is 10.4 Å². The number of carboxylic acid groups (broad SMARTS) is 1. The van der Waals surface area contributed by atoms with Crippen molar-refractivity contribution < 1.29 is 23.1 Å². The molecule has 7 heteroatoms. The summed E-state index contributed by atoms with van der Waals surface area (Å²) in [6, 6.07) is 0. The maximum Gasteiger partial charge on any atom is 0.303 e. The molecule has 0 aromatic rings. The zero-order valence-electron chi connectivity index (χ0n) is 11.3. The van der Waals surface area contributed by atoms with E-state index in [1.54, 1.807) is 13.8 Å². The number of hydrogen-bond acceptors (Lipinski definition) is 4. The van der Waals surface area contributed by atoms with Crippen molar-refractivity contribution in [3.05, 3.63) is 0 Å². The quantitative estimate of drug-likeness (QED) is 0.745. The lowest BCUT2D eigenvalue weighted by atomic mass is 9.85. The first-order chi connectivity index (χ1) is 8.62. The highest BCUT2D eigenvalue weighted by molar-refractivity contribution is 7.92. The summed E-state index contributed by atoms with van der Waals surface area (Å²) in [5, 5.41) is 10.8. The van der Waals surface area contributed by atoms with E-state index >= 15 is 0 Å². The Labute approximate surface area is 113 Å². The Morgan fingerprint density at radius 3 is 2.42 bits per heavy atom. The van der Waals surface area contributed by atoms with E-state index in [2.05, 4.69) is 5.32 Å². The van der Waals surface area contributed by atoms with Gasteiger partial charge in [0, 0.05) is 13.0 Å². The average molecular weight is 291 g/mol. The van der Waals surface area contributed by atoms with Crippen LogP contribution in [0.15, 0.2) is 0 Å². The van der Waals surface area contributed by atoms with Gasteiger partial charge in [0.25, 0.3) is 0 Å². The molecule has 0 aliphatic carbocycles. The van der Waals surface area contributed by atoms with Gasteiger partial charge in [-0.1, -0.05) is 13.8 Å². The SMILES string of the molecule is CC(C)(CC(=O)O)CC(=O)NCC1CCCS1(=O)=O. The highest BCUT2D eigenvalue weighted by atomic mass is 32.2.